The molecular weight excluding hydrogens is 353 g/mol. The van der Waals surface area contributed by atoms with E-state index >= 15 is 0 Å². The van der Waals surface area contributed by atoms with E-state index in [-0.39, 0.29) is 29.7 Å². The van der Waals surface area contributed by atoms with Crippen LogP contribution in [0.3, 0.4) is 0 Å². The van der Waals surface area contributed by atoms with E-state index in [1.807, 2.05) is 12.1 Å². The second-order valence-corrected chi connectivity index (χ2v) is 8.78. The van der Waals surface area contributed by atoms with Crippen molar-refractivity contribution in [3.63, 3.8) is 0 Å². The highest BCUT2D eigenvalue weighted by atomic mass is 19.1. The fourth-order valence-corrected chi connectivity index (χ4v) is 6.00. The first kappa shape index (κ1) is 17.8. The van der Waals surface area contributed by atoms with Gasteiger partial charge in [0.2, 0.25) is 0 Å². The Balaban J connectivity index is 1.47. The molecule has 0 N–H and O–H groups in total. The second kappa shape index (κ2) is 6.98. The van der Waals surface area contributed by atoms with Gasteiger partial charge in [0.25, 0.3) is 0 Å². The summed E-state index contributed by atoms with van der Waals surface area (Å²) in [5, 5.41) is 0.811. The van der Waals surface area contributed by atoms with Gasteiger partial charge in [-0.25, -0.2) is 9.37 Å². The summed E-state index contributed by atoms with van der Waals surface area (Å²) < 4.78 is 19.0. The number of allylic oxidation sites excluding steroid dienone is 1. The lowest BCUT2D eigenvalue weighted by molar-refractivity contribution is -0.144. The van der Waals surface area contributed by atoms with Gasteiger partial charge in [0.05, 0.1) is 17.1 Å². The predicted molar refractivity (Wildman–Crippen MR) is 107 cm³/mol. The van der Waals surface area contributed by atoms with Crippen molar-refractivity contribution in [2.45, 2.75) is 45.1 Å². The minimum atomic E-state index is -0.242. The van der Waals surface area contributed by atoms with Crippen LogP contribution < -0.4 is 0 Å². The smallest absolute Gasteiger partial charge is 0.309 e. The number of hydrogen-bond donors (Lipinski definition) is 0. The zero-order valence-electron chi connectivity index (χ0n) is 16.2. The van der Waals surface area contributed by atoms with Crippen LogP contribution in [0, 0.1) is 35.4 Å². The number of ether oxygens (including phenoxy) is 1. The molecule has 0 spiro atoms. The van der Waals surface area contributed by atoms with Crippen LogP contribution in [0.25, 0.3) is 17.0 Å². The van der Waals surface area contributed by atoms with Gasteiger partial charge in [0, 0.05) is 11.3 Å². The monoisotopic (exact) mass is 379 g/mol. The molecule has 1 aromatic heterocycles. The van der Waals surface area contributed by atoms with Crippen molar-refractivity contribution in [1.82, 2.24) is 4.98 Å². The Hall–Kier alpha value is -2.23. The molecular formula is C24H26FNO2. The number of esters is 1. The van der Waals surface area contributed by atoms with E-state index in [0.717, 1.165) is 23.0 Å². The maximum Gasteiger partial charge on any atom is 0.309 e. The predicted octanol–water partition coefficient (Wildman–Crippen LogP) is 5.39. The van der Waals surface area contributed by atoms with E-state index in [1.165, 1.54) is 37.8 Å². The maximum atomic E-state index is 13.4. The summed E-state index contributed by atoms with van der Waals surface area (Å²) in [4.78, 5) is 17.1. The van der Waals surface area contributed by atoms with E-state index in [9.17, 15) is 9.18 Å². The lowest BCUT2D eigenvalue weighted by Crippen LogP contribution is -2.42. The van der Waals surface area contributed by atoms with Crippen LogP contribution >= 0.6 is 0 Å². The molecule has 3 fully saturated rings. The molecule has 6 atom stereocenters. The fourth-order valence-electron chi connectivity index (χ4n) is 6.00. The number of cyclic esters (lactones) is 1. The number of benzene rings is 1. The average Bonchev–Trinajstić information content (AvgIpc) is 2.98. The van der Waals surface area contributed by atoms with Crippen LogP contribution in [0.4, 0.5) is 4.39 Å². The van der Waals surface area contributed by atoms with Crippen molar-refractivity contribution >= 4 is 22.9 Å². The summed E-state index contributed by atoms with van der Waals surface area (Å²) >= 11 is 0. The van der Waals surface area contributed by atoms with Gasteiger partial charge in [-0.2, -0.15) is 0 Å². The molecule has 2 saturated carbocycles. The van der Waals surface area contributed by atoms with Gasteiger partial charge in [0.1, 0.15) is 11.9 Å². The Kier molecular flexibility index (Phi) is 4.45. The summed E-state index contributed by atoms with van der Waals surface area (Å²) in [6.07, 6.45) is 10.4. The number of pyridine rings is 1. The molecule has 2 aliphatic carbocycles. The van der Waals surface area contributed by atoms with Gasteiger partial charge in [0.15, 0.2) is 0 Å². The van der Waals surface area contributed by atoms with Crippen molar-refractivity contribution in [3.8, 4) is 0 Å². The molecule has 2 aromatic rings. The molecule has 146 valence electrons. The molecule has 28 heavy (non-hydrogen) atoms. The van der Waals surface area contributed by atoms with Crippen LogP contribution in [0.5, 0.6) is 0 Å². The zero-order chi connectivity index (χ0) is 19.3. The van der Waals surface area contributed by atoms with Gasteiger partial charge >= 0.3 is 5.97 Å². The highest BCUT2D eigenvalue weighted by molar-refractivity contribution is 5.79. The standard InChI is InChI=1S/C24H26FNO2/c1-14-23-20(19-5-3-2-4-15(19)13-21(23)24(27)28-14)10-9-18-8-6-16-12-17(25)7-11-22(16)26-18/h6-12,14-15,19-21,23H,2-5,13H2,1H3/b10-9+/t14-,15+,19-,20+,21-,23+/m1/s1. The van der Waals surface area contributed by atoms with Crippen molar-refractivity contribution in [2.24, 2.45) is 29.6 Å². The van der Waals surface area contributed by atoms with Gasteiger partial charge in [-0.15, -0.1) is 0 Å². The van der Waals surface area contributed by atoms with Crippen molar-refractivity contribution in [3.05, 3.63) is 47.9 Å². The minimum Gasteiger partial charge on any atom is -0.462 e. The molecule has 2 heterocycles. The molecule has 3 nitrogen and oxygen atoms in total. The summed E-state index contributed by atoms with van der Waals surface area (Å²) in [6, 6.07) is 8.54. The largest absolute Gasteiger partial charge is 0.462 e. The maximum absolute atomic E-state index is 13.4. The van der Waals surface area contributed by atoms with E-state index < -0.39 is 0 Å². The minimum absolute atomic E-state index is 0.00535. The zero-order valence-corrected chi connectivity index (χ0v) is 16.2. The van der Waals surface area contributed by atoms with E-state index in [1.54, 1.807) is 6.07 Å². The number of nitrogens with zero attached hydrogens (tertiary/aromatic N) is 1. The lowest BCUT2D eigenvalue weighted by Gasteiger charge is -2.45. The van der Waals surface area contributed by atoms with Gasteiger partial charge in [-0.3, -0.25) is 4.79 Å². The van der Waals surface area contributed by atoms with E-state index in [0.29, 0.717) is 17.8 Å². The third-order valence-electron chi connectivity index (χ3n) is 7.24. The first-order chi connectivity index (χ1) is 13.6. The number of fused-ring (bicyclic) bond motifs is 3. The Morgan fingerprint density at radius 3 is 2.93 bits per heavy atom. The highest BCUT2D eigenvalue weighted by Gasteiger charge is 2.53. The number of carbonyl (C=O) groups is 1. The number of hydrogen-bond acceptors (Lipinski definition) is 3. The second-order valence-electron chi connectivity index (χ2n) is 8.78. The molecule has 0 bridgehead atoms. The molecule has 1 aliphatic heterocycles. The normalized spacial score (nSPS) is 35.0. The number of rotatable bonds is 2. The third kappa shape index (κ3) is 3.03. The molecule has 0 amide bonds. The Morgan fingerprint density at radius 2 is 2.04 bits per heavy atom. The van der Waals surface area contributed by atoms with Gasteiger partial charge < -0.3 is 4.74 Å². The van der Waals surface area contributed by atoms with Crippen molar-refractivity contribution in [2.75, 3.05) is 0 Å². The first-order valence-electron chi connectivity index (χ1n) is 10.5. The lowest BCUT2D eigenvalue weighted by atomic mass is 9.57. The quantitative estimate of drug-likeness (QED) is 0.657. The first-order valence-corrected chi connectivity index (χ1v) is 10.5. The van der Waals surface area contributed by atoms with Crippen LogP contribution in [0.1, 0.15) is 44.7 Å². The summed E-state index contributed by atoms with van der Waals surface area (Å²) in [7, 11) is 0. The van der Waals surface area contributed by atoms with Gasteiger partial charge in [-0.05, 0) is 67.9 Å². The summed E-state index contributed by atoms with van der Waals surface area (Å²) in [5.41, 5.74) is 1.68. The summed E-state index contributed by atoms with van der Waals surface area (Å²) in [6.45, 7) is 2.05. The molecule has 0 radical (unpaired) electrons. The summed E-state index contributed by atoms with van der Waals surface area (Å²) in [5.74, 6) is 1.72. The van der Waals surface area contributed by atoms with E-state index in [2.05, 4.69) is 24.1 Å². The fraction of sp³-hybridized carbons (Fsp3) is 0.500. The van der Waals surface area contributed by atoms with Crippen LogP contribution in [0.2, 0.25) is 0 Å². The molecule has 4 heteroatoms. The van der Waals surface area contributed by atoms with Crippen LogP contribution in [-0.2, 0) is 9.53 Å². The molecule has 3 aliphatic rings. The Bertz CT molecular complexity index is 939. The molecule has 5 rings (SSSR count). The average molecular weight is 379 g/mol. The van der Waals surface area contributed by atoms with Gasteiger partial charge in [-0.1, -0.05) is 31.4 Å². The van der Waals surface area contributed by atoms with Crippen LogP contribution in [0.15, 0.2) is 36.4 Å². The Morgan fingerprint density at radius 1 is 1.18 bits per heavy atom. The van der Waals surface area contributed by atoms with E-state index in [4.69, 9.17) is 4.74 Å². The van der Waals surface area contributed by atoms with Crippen molar-refractivity contribution < 1.29 is 13.9 Å². The number of carbonyl (C=O) groups excluding carboxylic acids is 1. The van der Waals surface area contributed by atoms with Crippen LogP contribution in [-0.4, -0.2) is 17.1 Å². The SMILES string of the molecule is C[C@H]1OC(=O)[C@@H]2C[C@@H]3CCCC[C@H]3[C@H](/C=C/c3ccc4cc(F)ccc4n3)[C@H]12. The number of aromatic nitrogens is 1. The van der Waals surface area contributed by atoms with Crippen molar-refractivity contribution in [1.29, 1.82) is 0 Å². The highest BCUT2D eigenvalue weighted by Crippen LogP contribution is 2.53. The molecule has 1 saturated heterocycles. The Labute approximate surface area is 165 Å². The third-order valence-corrected chi connectivity index (χ3v) is 7.24. The number of halogens is 1. The molecule has 1 aromatic carbocycles. The molecule has 0 unspecified atom stereocenters. The topological polar surface area (TPSA) is 39.2 Å².